The first-order valence-corrected chi connectivity index (χ1v) is 10.8. The Kier molecular flexibility index (Phi) is 4.03. The minimum atomic E-state index is -0.929. The van der Waals surface area contributed by atoms with Crippen molar-refractivity contribution in [3.05, 3.63) is 59.9 Å². The number of furan rings is 1. The van der Waals surface area contributed by atoms with Gasteiger partial charge >= 0.3 is 0 Å². The zero-order valence-electron chi connectivity index (χ0n) is 17.3. The molecule has 0 N–H and O–H groups in total. The fourth-order valence-electron chi connectivity index (χ4n) is 5.06. The fraction of sp³-hybridized carbons (Fsp3) is 0.320. The van der Waals surface area contributed by atoms with Gasteiger partial charge in [-0.2, -0.15) is 0 Å². The molecule has 1 aromatic heterocycles. The van der Waals surface area contributed by atoms with E-state index in [0.717, 1.165) is 47.4 Å². The van der Waals surface area contributed by atoms with Crippen LogP contribution in [-0.4, -0.2) is 25.9 Å². The highest BCUT2D eigenvalue weighted by atomic mass is 16.7. The fourth-order valence-corrected chi connectivity index (χ4v) is 5.06. The van der Waals surface area contributed by atoms with Crippen molar-refractivity contribution in [3.63, 3.8) is 0 Å². The molecule has 31 heavy (non-hydrogen) atoms. The zero-order chi connectivity index (χ0) is 21.0. The molecule has 3 aromatic rings. The summed E-state index contributed by atoms with van der Waals surface area (Å²) in [6.07, 6.45) is 4.80. The minimum absolute atomic E-state index is 0.0511. The molecule has 0 fully saturated rings. The third kappa shape index (κ3) is 2.48. The van der Waals surface area contributed by atoms with E-state index in [4.69, 9.17) is 18.6 Å². The quantitative estimate of drug-likeness (QED) is 0.553. The van der Waals surface area contributed by atoms with Crippen LogP contribution in [0.3, 0.4) is 0 Å². The number of nitrogens with zero attached hydrogens (tertiary/aromatic N) is 1. The smallest absolute Gasteiger partial charge is 0.245 e. The summed E-state index contributed by atoms with van der Waals surface area (Å²) in [7, 11) is 0. The van der Waals surface area contributed by atoms with Gasteiger partial charge in [-0.15, -0.1) is 0 Å². The van der Waals surface area contributed by atoms with Crippen LogP contribution in [0.5, 0.6) is 17.2 Å². The van der Waals surface area contributed by atoms with Gasteiger partial charge in [0.25, 0.3) is 0 Å². The number of ether oxygens (including phenoxy) is 3. The third-order valence-corrected chi connectivity index (χ3v) is 6.52. The van der Waals surface area contributed by atoms with Crippen LogP contribution >= 0.6 is 0 Å². The minimum Gasteiger partial charge on any atom is -0.491 e. The van der Waals surface area contributed by atoms with Crippen LogP contribution in [0.15, 0.2) is 53.1 Å². The molecule has 0 radical (unpaired) electrons. The van der Waals surface area contributed by atoms with Gasteiger partial charge < -0.3 is 23.5 Å². The molecule has 3 aliphatic rings. The first-order valence-electron chi connectivity index (χ1n) is 10.8. The summed E-state index contributed by atoms with van der Waals surface area (Å²) < 4.78 is 23.0. The van der Waals surface area contributed by atoms with E-state index < -0.39 is 5.41 Å². The number of carbonyl (C=O) groups excluding carboxylic acids is 1. The number of hydrogen-bond acceptors (Lipinski definition) is 5. The molecule has 158 valence electrons. The van der Waals surface area contributed by atoms with E-state index in [1.807, 2.05) is 47.4 Å². The predicted molar refractivity (Wildman–Crippen MR) is 115 cm³/mol. The second kappa shape index (κ2) is 6.80. The highest BCUT2D eigenvalue weighted by molar-refractivity contribution is 6.13. The maximum absolute atomic E-state index is 14.1. The molecule has 1 atom stereocenters. The van der Waals surface area contributed by atoms with Gasteiger partial charge in [0.1, 0.15) is 23.5 Å². The van der Waals surface area contributed by atoms with Crippen LogP contribution in [0.4, 0.5) is 5.69 Å². The molecule has 6 nitrogen and oxygen atoms in total. The molecule has 1 spiro atoms. The van der Waals surface area contributed by atoms with Crippen molar-refractivity contribution in [2.45, 2.75) is 31.6 Å². The first-order chi connectivity index (χ1) is 15.2. The molecule has 3 aliphatic heterocycles. The summed E-state index contributed by atoms with van der Waals surface area (Å²) in [5, 5.41) is 0. The summed E-state index contributed by atoms with van der Waals surface area (Å²) >= 11 is 0. The number of carbonyl (C=O) groups is 1. The van der Waals surface area contributed by atoms with Gasteiger partial charge in [0.2, 0.25) is 12.7 Å². The topological polar surface area (TPSA) is 61.1 Å². The SMILES string of the molecule is CCCCCN1C(=O)C2(COc3cc4c(cc32)OCO4)c2c(-c3ccco3)cccc21. The van der Waals surface area contributed by atoms with Crippen LogP contribution in [0.2, 0.25) is 0 Å². The van der Waals surface area contributed by atoms with Gasteiger partial charge in [0.15, 0.2) is 11.5 Å². The molecule has 6 rings (SSSR count). The zero-order valence-corrected chi connectivity index (χ0v) is 17.3. The number of hydrogen-bond donors (Lipinski definition) is 0. The average molecular weight is 417 g/mol. The van der Waals surface area contributed by atoms with Crippen LogP contribution in [0, 0.1) is 0 Å². The summed E-state index contributed by atoms with van der Waals surface area (Å²) in [4.78, 5) is 16.0. The number of amides is 1. The summed E-state index contributed by atoms with van der Waals surface area (Å²) in [5.41, 5.74) is 2.71. The van der Waals surface area contributed by atoms with E-state index in [1.54, 1.807) is 6.26 Å². The summed E-state index contributed by atoms with van der Waals surface area (Å²) in [6, 6.07) is 13.6. The molecule has 6 heteroatoms. The van der Waals surface area contributed by atoms with E-state index in [0.29, 0.717) is 23.8 Å². The Labute approximate surface area is 180 Å². The van der Waals surface area contributed by atoms with Crippen molar-refractivity contribution in [1.29, 1.82) is 0 Å². The Morgan fingerprint density at radius 1 is 1.00 bits per heavy atom. The Hall–Kier alpha value is -3.41. The second-order valence-corrected chi connectivity index (χ2v) is 8.24. The highest BCUT2D eigenvalue weighted by Crippen LogP contribution is 2.57. The van der Waals surface area contributed by atoms with E-state index in [9.17, 15) is 4.79 Å². The van der Waals surface area contributed by atoms with Crippen LogP contribution in [0.25, 0.3) is 11.3 Å². The molecular weight excluding hydrogens is 394 g/mol. The highest BCUT2D eigenvalue weighted by Gasteiger charge is 2.58. The Morgan fingerprint density at radius 3 is 2.68 bits per heavy atom. The van der Waals surface area contributed by atoms with E-state index in [2.05, 4.69) is 6.92 Å². The Balaban J connectivity index is 1.58. The second-order valence-electron chi connectivity index (χ2n) is 8.24. The van der Waals surface area contributed by atoms with Crippen molar-refractivity contribution in [2.75, 3.05) is 24.8 Å². The predicted octanol–water partition coefficient (Wildman–Crippen LogP) is 4.89. The number of anilines is 1. The lowest BCUT2D eigenvalue weighted by molar-refractivity contribution is -0.122. The molecule has 0 bridgehead atoms. The third-order valence-electron chi connectivity index (χ3n) is 6.52. The maximum atomic E-state index is 14.1. The van der Waals surface area contributed by atoms with Crippen molar-refractivity contribution in [3.8, 4) is 28.6 Å². The van der Waals surface area contributed by atoms with Crippen molar-refractivity contribution < 1.29 is 23.4 Å². The van der Waals surface area contributed by atoms with E-state index >= 15 is 0 Å². The van der Waals surface area contributed by atoms with Gasteiger partial charge in [-0.05, 0) is 30.7 Å². The number of rotatable bonds is 5. The van der Waals surface area contributed by atoms with E-state index in [1.165, 1.54) is 0 Å². The van der Waals surface area contributed by atoms with Gasteiger partial charge in [-0.25, -0.2) is 0 Å². The summed E-state index contributed by atoms with van der Waals surface area (Å²) in [6.45, 7) is 3.28. The first kappa shape index (κ1) is 18.4. The van der Waals surface area contributed by atoms with Crippen molar-refractivity contribution in [1.82, 2.24) is 0 Å². The molecule has 0 saturated heterocycles. The Morgan fingerprint density at radius 2 is 1.87 bits per heavy atom. The van der Waals surface area contributed by atoms with Crippen LogP contribution in [-0.2, 0) is 10.2 Å². The normalized spacial score (nSPS) is 20.3. The largest absolute Gasteiger partial charge is 0.491 e. The van der Waals surface area contributed by atoms with Gasteiger partial charge in [-0.1, -0.05) is 31.9 Å². The molecule has 1 unspecified atom stereocenters. The molecular formula is C25H23NO5. The number of fused-ring (bicyclic) bond motifs is 5. The van der Waals surface area contributed by atoms with E-state index in [-0.39, 0.29) is 19.3 Å². The number of benzene rings is 2. The molecule has 1 amide bonds. The molecule has 4 heterocycles. The van der Waals surface area contributed by atoms with Crippen LogP contribution < -0.4 is 19.1 Å². The average Bonchev–Trinajstić information content (AvgIpc) is 3.57. The van der Waals surface area contributed by atoms with Gasteiger partial charge in [0.05, 0.1) is 6.26 Å². The van der Waals surface area contributed by atoms with Gasteiger partial charge in [-0.3, -0.25) is 4.79 Å². The standard InChI is InChI=1S/C25H23NO5/c1-2-3-4-10-26-18-8-5-7-16(19-9-6-11-28-19)23(18)25(24(26)27)14-29-20-13-22-21(12-17(20)25)30-15-31-22/h5-9,11-13H,2-4,10,14-15H2,1H3. The molecule has 0 saturated carbocycles. The van der Waals surface area contributed by atoms with Crippen molar-refractivity contribution >= 4 is 11.6 Å². The lowest BCUT2D eigenvalue weighted by Crippen LogP contribution is -2.43. The van der Waals surface area contributed by atoms with Crippen LogP contribution in [0.1, 0.15) is 37.3 Å². The molecule has 2 aromatic carbocycles. The van der Waals surface area contributed by atoms with Crippen molar-refractivity contribution in [2.24, 2.45) is 0 Å². The van der Waals surface area contributed by atoms with Gasteiger partial charge in [0, 0.05) is 35.0 Å². The maximum Gasteiger partial charge on any atom is 0.245 e. The number of unbranched alkanes of at least 4 members (excludes halogenated alkanes) is 2. The lowest BCUT2D eigenvalue weighted by atomic mass is 9.74. The summed E-state index contributed by atoms with van der Waals surface area (Å²) in [5.74, 6) is 2.77. The Bertz CT molecular complexity index is 1170. The monoisotopic (exact) mass is 417 g/mol. The lowest BCUT2D eigenvalue weighted by Gasteiger charge is -2.24. The molecule has 0 aliphatic carbocycles.